The van der Waals surface area contributed by atoms with Gasteiger partial charge >= 0.3 is 6.09 Å². The maximum Gasteiger partial charge on any atom is 0.412 e. The summed E-state index contributed by atoms with van der Waals surface area (Å²) < 4.78 is 4.96. The molecule has 0 fully saturated rings. The quantitative estimate of drug-likeness (QED) is 0.567. The molecule has 0 heterocycles. The molecule has 3 amide bonds. The van der Waals surface area contributed by atoms with Crippen molar-refractivity contribution in [3.05, 3.63) is 35.9 Å². The standard InChI is InChI=1S/C13H17N3O5/c14-11(18)6-15-12(19)7-16(9-17)13(20)21-8-10-4-2-1-3-5-10/h1-5,17H,6-9H2,(H2,14,18)(H,15,19). The van der Waals surface area contributed by atoms with Gasteiger partial charge in [0.05, 0.1) is 6.54 Å². The topological polar surface area (TPSA) is 122 Å². The molecule has 0 saturated heterocycles. The van der Waals surface area contributed by atoms with Crippen LogP contribution in [0.4, 0.5) is 4.79 Å². The number of nitrogens with two attached hydrogens (primary N) is 1. The molecule has 0 radical (unpaired) electrons. The number of carbonyl (C=O) groups is 3. The minimum Gasteiger partial charge on any atom is -0.444 e. The first kappa shape index (κ1) is 16.4. The zero-order chi connectivity index (χ0) is 15.7. The number of primary amides is 1. The Morgan fingerprint density at radius 3 is 2.48 bits per heavy atom. The van der Waals surface area contributed by atoms with Crippen LogP contribution >= 0.6 is 0 Å². The summed E-state index contributed by atoms with van der Waals surface area (Å²) in [6.45, 7) is -1.43. The van der Waals surface area contributed by atoms with Crippen LogP contribution in [0.2, 0.25) is 0 Å². The Bertz CT molecular complexity index is 492. The summed E-state index contributed by atoms with van der Waals surface area (Å²) >= 11 is 0. The molecule has 1 aromatic carbocycles. The molecule has 4 N–H and O–H groups in total. The van der Waals surface area contributed by atoms with Gasteiger partial charge in [-0.2, -0.15) is 0 Å². The van der Waals surface area contributed by atoms with Crippen molar-refractivity contribution in [3.63, 3.8) is 0 Å². The lowest BCUT2D eigenvalue weighted by molar-refractivity contribution is -0.126. The first-order valence-electron chi connectivity index (χ1n) is 6.14. The zero-order valence-electron chi connectivity index (χ0n) is 11.3. The summed E-state index contributed by atoms with van der Waals surface area (Å²) in [5.41, 5.74) is 5.65. The molecule has 0 aromatic heterocycles. The van der Waals surface area contributed by atoms with Crippen LogP contribution in [0.3, 0.4) is 0 Å². The number of aliphatic hydroxyl groups is 1. The number of nitrogens with one attached hydrogen (secondary N) is 1. The van der Waals surface area contributed by atoms with Crippen molar-refractivity contribution >= 4 is 17.9 Å². The van der Waals surface area contributed by atoms with Gasteiger partial charge in [-0.15, -0.1) is 0 Å². The van der Waals surface area contributed by atoms with E-state index >= 15 is 0 Å². The Kier molecular flexibility index (Phi) is 6.69. The highest BCUT2D eigenvalue weighted by Gasteiger charge is 2.17. The Balaban J connectivity index is 2.42. The smallest absolute Gasteiger partial charge is 0.412 e. The third-order valence-electron chi connectivity index (χ3n) is 2.43. The van der Waals surface area contributed by atoms with Crippen molar-refractivity contribution in [2.24, 2.45) is 5.73 Å². The number of benzene rings is 1. The van der Waals surface area contributed by atoms with Gasteiger partial charge in [0.1, 0.15) is 19.9 Å². The van der Waals surface area contributed by atoms with E-state index in [0.29, 0.717) is 0 Å². The van der Waals surface area contributed by atoms with E-state index in [9.17, 15) is 14.4 Å². The number of hydrogen-bond acceptors (Lipinski definition) is 5. The molecule has 0 aliphatic heterocycles. The highest BCUT2D eigenvalue weighted by Crippen LogP contribution is 2.02. The van der Waals surface area contributed by atoms with E-state index in [2.05, 4.69) is 5.32 Å². The lowest BCUT2D eigenvalue weighted by Crippen LogP contribution is -2.43. The minimum atomic E-state index is -0.837. The van der Waals surface area contributed by atoms with E-state index in [-0.39, 0.29) is 13.2 Å². The van der Waals surface area contributed by atoms with Crippen LogP contribution in [-0.4, -0.2) is 47.7 Å². The number of nitrogens with zero attached hydrogens (tertiary/aromatic N) is 1. The van der Waals surface area contributed by atoms with Gasteiger partial charge in [-0.05, 0) is 5.56 Å². The Morgan fingerprint density at radius 2 is 1.90 bits per heavy atom. The molecular weight excluding hydrogens is 278 g/mol. The van der Waals surface area contributed by atoms with E-state index in [1.54, 1.807) is 24.3 Å². The van der Waals surface area contributed by atoms with Gasteiger partial charge in [0.15, 0.2) is 0 Å². The maximum atomic E-state index is 11.7. The van der Waals surface area contributed by atoms with Crippen LogP contribution in [0, 0.1) is 0 Å². The molecule has 8 heteroatoms. The summed E-state index contributed by atoms with van der Waals surface area (Å²) in [6.07, 6.45) is -0.837. The second-order valence-electron chi connectivity index (χ2n) is 4.12. The van der Waals surface area contributed by atoms with Gasteiger partial charge in [0, 0.05) is 0 Å². The fourth-order valence-electron chi connectivity index (χ4n) is 1.40. The summed E-state index contributed by atoms with van der Waals surface area (Å²) in [5, 5.41) is 11.3. The van der Waals surface area contributed by atoms with Crippen LogP contribution in [0.15, 0.2) is 30.3 Å². The molecular formula is C13H17N3O5. The molecule has 0 atom stereocenters. The van der Waals surface area contributed by atoms with Gasteiger partial charge in [0.25, 0.3) is 0 Å². The average Bonchev–Trinajstić information content (AvgIpc) is 2.49. The second-order valence-corrected chi connectivity index (χ2v) is 4.12. The number of hydrogen-bond donors (Lipinski definition) is 3. The van der Waals surface area contributed by atoms with Crippen molar-refractivity contribution in [2.75, 3.05) is 19.8 Å². The van der Waals surface area contributed by atoms with Crippen molar-refractivity contribution in [3.8, 4) is 0 Å². The number of amides is 3. The molecule has 0 aliphatic rings. The van der Waals surface area contributed by atoms with Crippen LogP contribution in [0.25, 0.3) is 0 Å². The fourth-order valence-corrected chi connectivity index (χ4v) is 1.40. The van der Waals surface area contributed by atoms with E-state index in [0.717, 1.165) is 10.5 Å². The molecule has 114 valence electrons. The molecule has 0 saturated carbocycles. The van der Waals surface area contributed by atoms with Crippen LogP contribution in [0.5, 0.6) is 0 Å². The van der Waals surface area contributed by atoms with E-state index in [1.807, 2.05) is 6.07 Å². The number of rotatable bonds is 7. The average molecular weight is 295 g/mol. The number of aliphatic hydroxyl groups excluding tert-OH is 1. The van der Waals surface area contributed by atoms with Crippen LogP contribution < -0.4 is 11.1 Å². The van der Waals surface area contributed by atoms with Crippen molar-refractivity contribution in [2.45, 2.75) is 6.61 Å². The SMILES string of the molecule is NC(=O)CNC(=O)CN(CO)C(=O)OCc1ccccc1. The summed E-state index contributed by atoms with van der Waals surface area (Å²) in [4.78, 5) is 34.4. The lowest BCUT2D eigenvalue weighted by atomic mass is 10.2. The Hall–Kier alpha value is -2.61. The van der Waals surface area contributed by atoms with Crippen molar-refractivity contribution < 1.29 is 24.2 Å². The summed E-state index contributed by atoms with van der Waals surface area (Å²) in [6, 6.07) is 8.97. The van der Waals surface area contributed by atoms with Crippen molar-refractivity contribution in [1.29, 1.82) is 0 Å². The molecule has 8 nitrogen and oxygen atoms in total. The molecule has 0 bridgehead atoms. The van der Waals surface area contributed by atoms with Gasteiger partial charge in [0.2, 0.25) is 11.8 Å². The highest BCUT2D eigenvalue weighted by molar-refractivity contribution is 5.86. The highest BCUT2D eigenvalue weighted by atomic mass is 16.6. The first-order valence-corrected chi connectivity index (χ1v) is 6.14. The number of ether oxygens (including phenoxy) is 1. The normalized spacial score (nSPS) is 9.76. The summed E-state index contributed by atoms with van der Waals surface area (Å²) in [5.74, 6) is -1.33. The molecule has 21 heavy (non-hydrogen) atoms. The second kappa shape index (κ2) is 8.54. The molecule has 1 aromatic rings. The summed E-state index contributed by atoms with van der Waals surface area (Å²) in [7, 11) is 0. The van der Waals surface area contributed by atoms with E-state index < -0.39 is 31.2 Å². The first-order chi connectivity index (χ1) is 10.0. The van der Waals surface area contributed by atoms with Gasteiger partial charge in [-0.25, -0.2) is 4.79 Å². The Labute approximate surface area is 121 Å². The molecule has 0 aliphatic carbocycles. The maximum absolute atomic E-state index is 11.7. The monoisotopic (exact) mass is 295 g/mol. The number of carbonyl (C=O) groups excluding carboxylic acids is 3. The predicted molar refractivity (Wildman–Crippen MR) is 72.6 cm³/mol. The van der Waals surface area contributed by atoms with Gasteiger partial charge in [-0.1, -0.05) is 30.3 Å². The third-order valence-corrected chi connectivity index (χ3v) is 2.43. The minimum absolute atomic E-state index is 0.0269. The predicted octanol–water partition coefficient (Wildman–Crippen LogP) is -0.823. The Morgan fingerprint density at radius 1 is 1.24 bits per heavy atom. The molecule has 0 unspecified atom stereocenters. The molecule has 0 spiro atoms. The fraction of sp³-hybridized carbons (Fsp3) is 0.308. The van der Waals surface area contributed by atoms with Crippen LogP contribution in [-0.2, 0) is 20.9 Å². The van der Waals surface area contributed by atoms with Crippen molar-refractivity contribution in [1.82, 2.24) is 10.2 Å². The lowest BCUT2D eigenvalue weighted by Gasteiger charge is -2.18. The van der Waals surface area contributed by atoms with E-state index in [4.69, 9.17) is 15.6 Å². The zero-order valence-corrected chi connectivity index (χ0v) is 11.3. The third kappa shape index (κ3) is 6.39. The van der Waals surface area contributed by atoms with E-state index in [1.165, 1.54) is 0 Å². The van der Waals surface area contributed by atoms with Gasteiger partial charge < -0.3 is 20.9 Å². The van der Waals surface area contributed by atoms with Crippen LogP contribution in [0.1, 0.15) is 5.56 Å². The largest absolute Gasteiger partial charge is 0.444 e. The van der Waals surface area contributed by atoms with Gasteiger partial charge in [-0.3, -0.25) is 14.5 Å². The molecule has 1 rings (SSSR count).